The molecule has 0 aliphatic heterocycles. The summed E-state index contributed by atoms with van der Waals surface area (Å²) in [6, 6.07) is 24.3. The fraction of sp³-hybridized carbons (Fsp3) is 0.0455. The number of nitrogens with one attached hydrogen (secondary N) is 1. The summed E-state index contributed by atoms with van der Waals surface area (Å²) in [6.07, 6.45) is 0. The average Bonchev–Trinajstić information content (AvgIpc) is 2.68. The summed E-state index contributed by atoms with van der Waals surface area (Å²) in [4.78, 5) is 25.0. The second kappa shape index (κ2) is 6.88. The van der Waals surface area contributed by atoms with Crippen LogP contribution in [0.5, 0.6) is 0 Å². The van der Waals surface area contributed by atoms with Gasteiger partial charge in [0.05, 0.1) is 5.69 Å². The minimum Gasteiger partial charge on any atom is -0.320 e. The maximum absolute atomic E-state index is 12.7. The van der Waals surface area contributed by atoms with E-state index in [-0.39, 0.29) is 5.69 Å². The molecule has 0 saturated heterocycles. The summed E-state index contributed by atoms with van der Waals surface area (Å²) in [6.45, 7) is 1.78. The van der Waals surface area contributed by atoms with Crippen molar-refractivity contribution in [3.63, 3.8) is 0 Å². The van der Waals surface area contributed by atoms with Crippen molar-refractivity contribution >= 4 is 22.4 Å². The predicted octanol–water partition coefficient (Wildman–Crippen LogP) is 3.95. The molecule has 1 aromatic heterocycles. The number of carbonyl (C=O) groups is 1. The van der Waals surface area contributed by atoms with Crippen LogP contribution in [-0.4, -0.2) is 15.7 Å². The van der Waals surface area contributed by atoms with Crippen molar-refractivity contribution in [2.24, 2.45) is 0 Å². The van der Waals surface area contributed by atoms with Crippen molar-refractivity contribution in [2.45, 2.75) is 6.92 Å². The molecule has 1 heterocycles. The summed E-state index contributed by atoms with van der Waals surface area (Å²) in [5.41, 5.74) is 1.52. The van der Waals surface area contributed by atoms with E-state index in [1.807, 2.05) is 72.8 Å². The SMILES string of the molecule is Cc1cc(=O)c(C(=O)Nc2ccc3ccccc3c2)nn1-c1ccccc1. The Morgan fingerprint density at radius 1 is 0.889 bits per heavy atom. The van der Waals surface area contributed by atoms with Crippen molar-refractivity contribution in [1.29, 1.82) is 0 Å². The highest BCUT2D eigenvalue weighted by molar-refractivity contribution is 6.03. The second-order valence-electron chi connectivity index (χ2n) is 6.26. The molecular formula is C22H17N3O2. The summed E-state index contributed by atoms with van der Waals surface area (Å²) in [5, 5.41) is 9.15. The molecule has 132 valence electrons. The quantitative estimate of drug-likeness (QED) is 0.605. The molecule has 4 aromatic rings. The average molecular weight is 355 g/mol. The van der Waals surface area contributed by atoms with Crippen LogP contribution in [0, 0.1) is 6.92 Å². The lowest BCUT2D eigenvalue weighted by Crippen LogP contribution is -2.26. The van der Waals surface area contributed by atoms with Gasteiger partial charge in [0.25, 0.3) is 5.91 Å². The molecule has 5 heteroatoms. The number of hydrogen-bond donors (Lipinski definition) is 1. The van der Waals surface area contributed by atoms with E-state index >= 15 is 0 Å². The first-order valence-corrected chi connectivity index (χ1v) is 8.58. The normalized spacial score (nSPS) is 10.7. The number of benzene rings is 3. The lowest BCUT2D eigenvalue weighted by atomic mass is 10.1. The monoisotopic (exact) mass is 355 g/mol. The zero-order chi connectivity index (χ0) is 18.8. The summed E-state index contributed by atoms with van der Waals surface area (Å²) < 4.78 is 1.59. The number of amides is 1. The van der Waals surface area contributed by atoms with Crippen LogP contribution in [0.1, 0.15) is 16.2 Å². The molecule has 4 rings (SSSR count). The van der Waals surface area contributed by atoms with Gasteiger partial charge in [-0.1, -0.05) is 48.5 Å². The number of anilines is 1. The lowest BCUT2D eigenvalue weighted by Gasteiger charge is -2.11. The van der Waals surface area contributed by atoms with E-state index in [4.69, 9.17) is 0 Å². The van der Waals surface area contributed by atoms with Crippen molar-refractivity contribution in [1.82, 2.24) is 9.78 Å². The first-order valence-electron chi connectivity index (χ1n) is 8.58. The Hall–Kier alpha value is -3.73. The van der Waals surface area contributed by atoms with Crippen molar-refractivity contribution in [2.75, 3.05) is 5.32 Å². The third kappa shape index (κ3) is 3.35. The fourth-order valence-corrected chi connectivity index (χ4v) is 2.99. The molecule has 0 radical (unpaired) electrons. The van der Waals surface area contributed by atoms with Crippen LogP contribution >= 0.6 is 0 Å². The molecule has 0 spiro atoms. The highest BCUT2D eigenvalue weighted by Crippen LogP contribution is 2.19. The molecular weight excluding hydrogens is 338 g/mol. The van der Waals surface area contributed by atoms with Crippen molar-refractivity contribution < 1.29 is 4.79 Å². The first kappa shape index (κ1) is 16.7. The molecule has 0 fully saturated rings. The van der Waals surface area contributed by atoms with E-state index in [1.54, 1.807) is 11.6 Å². The number of aromatic nitrogens is 2. The maximum atomic E-state index is 12.7. The van der Waals surface area contributed by atoms with E-state index in [0.717, 1.165) is 16.5 Å². The smallest absolute Gasteiger partial charge is 0.280 e. The Morgan fingerprint density at radius 2 is 1.59 bits per heavy atom. The maximum Gasteiger partial charge on any atom is 0.280 e. The Balaban J connectivity index is 1.69. The van der Waals surface area contributed by atoms with E-state index < -0.39 is 11.3 Å². The second-order valence-corrected chi connectivity index (χ2v) is 6.26. The van der Waals surface area contributed by atoms with Crippen LogP contribution in [0.4, 0.5) is 5.69 Å². The Bertz CT molecular complexity index is 1200. The van der Waals surface area contributed by atoms with Gasteiger partial charge in [-0.05, 0) is 42.0 Å². The lowest BCUT2D eigenvalue weighted by molar-refractivity contribution is 0.101. The molecule has 1 amide bonds. The third-order valence-electron chi connectivity index (χ3n) is 4.33. The van der Waals surface area contributed by atoms with Gasteiger partial charge in [0.2, 0.25) is 5.43 Å². The van der Waals surface area contributed by atoms with Crippen molar-refractivity contribution in [3.05, 3.63) is 100 Å². The van der Waals surface area contributed by atoms with E-state index in [9.17, 15) is 9.59 Å². The molecule has 5 nitrogen and oxygen atoms in total. The molecule has 0 atom stereocenters. The molecule has 27 heavy (non-hydrogen) atoms. The summed E-state index contributed by atoms with van der Waals surface area (Å²) in [5.74, 6) is -0.528. The van der Waals surface area contributed by atoms with Gasteiger partial charge in [-0.2, -0.15) is 5.10 Å². The Morgan fingerprint density at radius 3 is 2.37 bits per heavy atom. The number of para-hydroxylation sites is 1. The highest BCUT2D eigenvalue weighted by Gasteiger charge is 2.15. The van der Waals surface area contributed by atoms with Gasteiger partial charge in [0, 0.05) is 17.4 Å². The molecule has 0 aliphatic carbocycles. The number of aryl methyl sites for hydroxylation is 1. The zero-order valence-corrected chi connectivity index (χ0v) is 14.7. The Labute approximate surface area is 155 Å². The molecule has 3 aromatic carbocycles. The van der Waals surface area contributed by atoms with Crippen LogP contribution in [-0.2, 0) is 0 Å². The number of hydrogen-bond acceptors (Lipinski definition) is 3. The first-order chi connectivity index (χ1) is 13.1. The predicted molar refractivity (Wildman–Crippen MR) is 106 cm³/mol. The molecule has 0 unspecified atom stereocenters. The van der Waals surface area contributed by atoms with E-state index in [1.165, 1.54) is 6.07 Å². The minimum absolute atomic E-state index is 0.141. The molecule has 0 aliphatic rings. The van der Waals surface area contributed by atoms with Crippen LogP contribution in [0.3, 0.4) is 0 Å². The topological polar surface area (TPSA) is 64.0 Å². The molecule has 0 bridgehead atoms. The van der Waals surface area contributed by atoms with Gasteiger partial charge in [-0.3, -0.25) is 9.59 Å². The Kier molecular flexibility index (Phi) is 4.26. The van der Waals surface area contributed by atoms with Crippen LogP contribution in [0.15, 0.2) is 83.7 Å². The third-order valence-corrected chi connectivity index (χ3v) is 4.33. The minimum atomic E-state index is -0.528. The molecule has 1 N–H and O–H groups in total. The van der Waals surface area contributed by atoms with Gasteiger partial charge >= 0.3 is 0 Å². The fourth-order valence-electron chi connectivity index (χ4n) is 2.99. The van der Waals surface area contributed by atoms with Crippen molar-refractivity contribution in [3.8, 4) is 5.69 Å². The van der Waals surface area contributed by atoms with Gasteiger partial charge in [-0.25, -0.2) is 4.68 Å². The van der Waals surface area contributed by atoms with E-state index in [0.29, 0.717) is 11.4 Å². The number of rotatable bonds is 3. The van der Waals surface area contributed by atoms with Crippen LogP contribution < -0.4 is 10.7 Å². The van der Waals surface area contributed by atoms with E-state index in [2.05, 4.69) is 10.4 Å². The van der Waals surface area contributed by atoms with Gasteiger partial charge in [0.1, 0.15) is 0 Å². The summed E-state index contributed by atoms with van der Waals surface area (Å²) >= 11 is 0. The highest BCUT2D eigenvalue weighted by atomic mass is 16.2. The van der Waals surface area contributed by atoms with Crippen LogP contribution in [0.2, 0.25) is 0 Å². The standard InChI is InChI=1S/C22H17N3O2/c1-15-13-20(26)21(24-25(15)19-9-3-2-4-10-19)22(27)23-18-12-11-16-7-5-6-8-17(16)14-18/h2-14H,1H3,(H,23,27). The van der Waals surface area contributed by atoms with Gasteiger partial charge < -0.3 is 5.32 Å². The largest absolute Gasteiger partial charge is 0.320 e. The summed E-state index contributed by atoms with van der Waals surface area (Å²) in [7, 11) is 0. The number of carbonyl (C=O) groups excluding carboxylic acids is 1. The van der Waals surface area contributed by atoms with Crippen LogP contribution in [0.25, 0.3) is 16.5 Å². The van der Waals surface area contributed by atoms with Gasteiger partial charge in [-0.15, -0.1) is 0 Å². The van der Waals surface area contributed by atoms with Gasteiger partial charge in [0.15, 0.2) is 5.69 Å². The molecule has 0 saturated carbocycles. The number of fused-ring (bicyclic) bond motifs is 1. The number of nitrogens with zero attached hydrogens (tertiary/aromatic N) is 2. The zero-order valence-electron chi connectivity index (χ0n) is 14.7.